The number of aliphatic imine (C=N–C) groups is 1. The van der Waals surface area contributed by atoms with Gasteiger partial charge in [-0.3, -0.25) is 0 Å². The highest BCUT2D eigenvalue weighted by molar-refractivity contribution is 5.79. The maximum atomic E-state index is 5.64. The van der Waals surface area contributed by atoms with Crippen LogP contribution in [0.4, 0.5) is 0 Å². The molecule has 5 heteroatoms. The Labute approximate surface area is 173 Å². The summed E-state index contributed by atoms with van der Waals surface area (Å²) < 4.78 is 5.64. The molecule has 1 unspecified atom stereocenters. The average Bonchev–Trinajstić information content (AvgIpc) is 3.07. The summed E-state index contributed by atoms with van der Waals surface area (Å²) in [5.74, 6) is 2.60. The van der Waals surface area contributed by atoms with Crippen molar-refractivity contribution in [3.63, 3.8) is 0 Å². The number of nitrogens with one attached hydrogen (secondary N) is 2. The van der Waals surface area contributed by atoms with E-state index in [2.05, 4.69) is 88.2 Å². The largest absolute Gasteiger partial charge is 0.444 e. The number of guanidine groups is 1. The van der Waals surface area contributed by atoms with Crippen molar-refractivity contribution in [2.45, 2.75) is 39.7 Å². The summed E-state index contributed by atoms with van der Waals surface area (Å²) in [7, 11) is 0. The minimum absolute atomic E-state index is 0.341. The quantitative estimate of drug-likeness (QED) is 0.443. The predicted molar refractivity (Wildman–Crippen MR) is 118 cm³/mol. The molecule has 152 valence electrons. The Morgan fingerprint density at radius 3 is 2.31 bits per heavy atom. The molecular formula is C24H30N4O. The molecule has 0 aliphatic rings. The van der Waals surface area contributed by atoms with Crippen LogP contribution in [0.15, 0.2) is 70.1 Å². The Bertz CT molecular complexity index is 884. The van der Waals surface area contributed by atoms with Gasteiger partial charge in [0.05, 0.1) is 5.69 Å². The van der Waals surface area contributed by atoms with Crippen LogP contribution in [-0.4, -0.2) is 24.0 Å². The first-order valence-corrected chi connectivity index (χ1v) is 10.2. The van der Waals surface area contributed by atoms with Gasteiger partial charge in [-0.1, -0.05) is 60.7 Å². The molecule has 0 bridgehead atoms. The van der Waals surface area contributed by atoms with Gasteiger partial charge in [0.2, 0.25) is 5.89 Å². The number of aryl methyl sites for hydroxylation is 2. The smallest absolute Gasteiger partial charge is 0.216 e. The lowest BCUT2D eigenvalue weighted by molar-refractivity contribution is 0.472. The van der Waals surface area contributed by atoms with Gasteiger partial charge in [0.15, 0.2) is 5.96 Å². The number of oxazole rings is 1. The fraction of sp³-hybridized carbons (Fsp3) is 0.333. The zero-order chi connectivity index (χ0) is 20.5. The molecule has 29 heavy (non-hydrogen) atoms. The van der Waals surface area contributed by atoms with Crippen molar-refractivity contribution in [3.05, 3.63) is 89.1 Å². The van der Waals surface area contributed by atoms with Crippen molar-refractivity contribution < 1.29 is 4.42 Å². The van der Waals surface area contributed by atoms with Crippen LogP contribution >= 0.6 is 0 Å². The van der Waals surface area contributed by atoms with E-state index >= 15 is 0 Å². The van der Waals surface area contributed by atoms with E-state index in [0.717, 1.165) is 36.9 Å². The van der Waals surface area contributed by atoms with Gasteiger partial charge in [0, 0.05) is 19.0 Å². The SMILES string of the molecule is CCNC(=NCc1nc(C)c(C)o1)NCC(Cc1ccccc1)c1ccccc1. The highest BCUT2D eigenvalue weighted by Gasteiger charge is 2.13. The summed E-state index contributed by atoms with van der Waals surface area (Å²) in [5.41, 5.74) is 3.56. The standard InChI is InChI=1S/C24H30N4O/c1-4-25-24(27-17-23-28-18(2)19(3)29-23)26-16-22(21-13-9-6-10-14-21)15-20-11-7-5-8-12-20/h5-14,22H,4,15-17H2,1-3H3,(H2,25,26,27). The Balaban J connectivity index is 1.70. The molecular weight excluding hydrogens is 360 g/mol. The molecule has 0 radical (unpaired) electrons. The van der Waals surface area contributed by atoms with Crippen LogP contribution in [0.3, 0.4) is 0 Å². The molecule has 5 nitrogen and oxygen atoms in total. The molecule has 0 saturated heterocycles. The van der Waals surface area contributed by atoms with Gasteiger partial charge in [0.1, 0.15) is 12.3 Å². The molecule has 0 aliphatic carbocycles. The molecule has 2 aromatic carbocycles. The van der Waals surface area contributed by atoms with Crippen molar-refractivity contribution >= 4 is 5.96 Å². The topological polar surface area (TPSA) is 62.5 Å². The predicted octanol–water partition coefficient (Wildman–Crippen LogP) is 4.37. The molecule has 0 spiro atoms. The van der Waals surface area contributed by atoms with Crippen molar-refractivity contribution in [2.24, 2.45) is 4.99 Å². The minimum atomic E-state index is 0.341. The number of benzene rings is 2. The van der Waals surface area contributed by atoms with E-state index in [1.807, 2.05) is 13.8 Å². The zero-order valence-electron chi connectivity index (χ0n) is 17.5. The van der Waals surface area contributed by atoms with Gasteiger partial charge in [-0.05, 0) is 38.3 Å². The molecule has 0 fully saturated rings. The highest BCUT2D eigenvalue weighted by atomic mass is 16.4. The Kier molecular flexibility index (Phi) is 7.45. The summed E-state index contributed by atoms with van der Waals surface area (Å²) in [5, 5.41) is 6.82. The minimum Gasteiger partial charge on any atom is -0.444 e. The lowest BCUT2D eigenvalue weighted by atomic mass is 9.92. The Morgan fingerprint density at radius 2 is 1.69 bits per heavy atom. The fourth-order valence-electron chi connectivity index (χ4n) is 3.25. The van der Waals surface area contributed by atoms with E-state index < -0.39 is 0 Å². The van der Waals surface area contributed by atoms with E-state index in [4.69, 9.17) is 4.42 Å². The summed E-state index contributed by atoms with van der Waals surface area (Å²) >= 11 is 0. The van der Waals surface area contributed by atoms with E-state index in [1.165, 1.54) is 11.1 Å². The number of hydrogen-bond acceptors (Lipinski definition) is 3. The van der Waals surface area contributed by atoms with Crippen LogP contribution < -0.4 is 10.6 Å². The number of aromatic nitrogens is 1. The first kappa shape index (κ1) is 20.6. The van der Waals surface area contributed by atoms with Crippen molar-refractivity contribution in [3.8, 4) is 0 Å². The third kappa shape index (κ3) is 6.21. The van der Waals surface area contributed by atoms with E-state index in [1.54, 1.807) is 0 Å². The second-order valence-corrected chi connectivity index (χ2v) is 7.12. The van der Waals surface area contributed by atoms with E-state index in [9.17, 15) is 0 Å². The Hall–Kier alpha value is -3.08. The van der Waals surface area contributed by atoms with Gasteiger partial charge < -0.3 is 15.1 Å². The normalized spacial score (nSPS) is 12.6. The van der Waals surface area contributed by atoms with Crippen molar-refractivity contribution in [2.75, 3.05) is 13.1 Å². The zero-order valence-corrected chi connectivity index (χ0v) is 17.5. The maximum Gasteiger partial charge on any atom is 0.216 e. The molecule has 3 rings (SSSR count). The molecule has 0 aliphatic heterocycles. The average molecular weight is 391 g/mol. The highest BCUT2D eigenvalue weighted by Crippen LogP contribution is 2.20. The van der Waals surface area contributed by atoms with Crippen LogP contribution in [0.1, 0.15) is 41.3 Å². The molecule has 0 amide bonds. The Morgan fingerprint density at radius 1 is 1.00 bits per heavy atom. The summed E-state index contributed by atoms with van der Waals surface area (Å²) in [6.45, 7) is 7.93. The molecule has 0 saturated carbocycles. The van der Waals surface area contributed by atoms with Crippen molar-refractivity contribution in [1.29, 1.82) is 0 Å². The van der Waals surface area contributed by atoms with Crippen LogP contribution in [0.25, 0.3) is 0 Å². The third-order valence-corrected chi connectivity index (χ3v) is 4.90. The second kappa shape index (κ2) is 10.5. The van der Waals surface area contributed by atoms with Crippen molar-refractivity contribution in [1.82, 2.24) is 15.6 Å². The van der Waals surface area contributed by atoms with Gasteiger partial charge in [0.25, 0.3) is 0 Å². The number of nitrogens with zero attached hydrogens (tertiary/aromatic N) is 2. The fourth-order valence-corrected chi connectivity index (χ4v) is 3.25. The molecule has 3 aromatic rings. The van der Waals surface area contributed by atoms with Gasteiger partial charge in [-0.25, -0.2) is 9.98 Å². The van der Waals surface area contributed by atoms with Crippen LogP contribution in [0.2, 0.25) is 0 Å². The maximum absolute atomic E-state index is 5.64. The molecule has 2 N–H and O–H groups in total. The third-order valence-electron chi connectivity index (χ3n) is 4.90. The van der Waals surface area contributed by atoms with Gasteiger partial charge >= 0.3 is 0 Å². The molecule has 1 heterocycles. The molecule has 1 atom stereocenters. The first-order chi connectivity index (χ1) is 14.2. The monoisotopic (exact) mass is 390 g/mol. The second-order valence-electron chi connectivity index (χ2n) is 7.12. The summed E-state index contributed by atoms with van der Waals surface area (Å²) in [6.07, 6.45) is 0.968. The van der Waals surface area contributed by atoms with Crippen LogP contribution in [-0.2, 0) is 13.0 Å². The summed E-state index contributed by atoms with van der Waals surface area (Å²) in [6, 6.07) is 21.2. The lowest BCUT2D eigenvalue weighted by Gasteiger charge is -2.20. The van der Waals surface area contributed by atoms with Gasteiger partial charge in [-0.2, -0.15) is 0 Å². The van der Waals surface area contributed by atoms with E-state index in [-0.39, 0.29) is 0 Å². The number of rotatable bonds is 8. The first-order valence-electron chi connectivity index (χ1n) is 10.2. The molecule has 1 aromatic heterocycles. The summed E-state index contributed by atoms with van der Waals surface area (Å²) in [4.78, 5) is 9.06. The van der Waals surface area contributed by atoms with Crippen LogP contribution in [0, 0.1) is 13.8 Å². The number of hydrogen-bond donors (Lipinski definition) is 2. The van der Waals surface area contributed by atoms with E-state index in [0.29, 0.717) is 18.4 Å². The van der Waals surface area contributed by atoms with Crippen LogP contribution in [0.5, 0.6) is 0 Å². The lowest BCUT2D eigenvalue weighted by Crippen LogP contribution is -2.39. The van der Waals surface area contributed by atoms with Gasteiger partial charge in [-0.15, -0.1) is 0 Å².